The van der Waals surface area contributed by atoms with E-state index in [1.165, 1.54) is 32.7 Å². The maximum Gasteiger partial charge on any atom is 0.238 e. The molecule has 0 amide bonds. The van der Waals surface area contributed by atoms with Crippen molar-refractivity contribution in [2.24, 2.45) is 0 Å². The number of hydrogen-bond donors (Lipinski definition) is 0. The molecule has 0 aliphatic carbocycles. The van der Waals surface area contributed by atoms with E-state index >= 15 is 0 Å². The minimum absolute atomic E-state index is 0.583. The molecule has 0 unspecified atom stereocenters. The van der Waals surface area contributed by atoms with Crippen LogP contribution in [-0.2, 0) is 0 Å². The lowest BCUT2D eigenvalue weighted by atomic mass is 9.87. The minimum atomic E-state index is 0.583. The topological polar surface area (TPSA) is 46.8 Å². The molecule has 0 saturated heterocycles. The predicted molar refractivity (Wildman–Crippen MR) is 214 cm³/mol. The van der Waals surface area contributed by atoms with E-state index in [1.54, 1.807) is 0 Å². The van der Waals surface area contributed by atoms with Crippen molar-refractivity contribution in [2.45, 2.75) is 0 Å². The monoisotopic (exact) mass is 663 g/mol. The van der Waals surface area contributed by atoms with Crippen LogP contribution in [0.3, 0.4) is 0 Å². The fourth-order valence-corrected chi connectivity index (χ4v) is 8.09. The van der Waals surface area contributed by atoms with Crippen LogP contribution in [0, 0.1) is 0 Å². The lowest BCUT2D eigenvalue weighted by molar-refractivity contribution is 0.953. The molecule has 10 aromatic rings. The Morgan fingerprint density at radius 2 is 1.02 bits per heavy atom. The van der Waals surface area contributed by atoms with E-state index in [-0.39, 0.29) is 0 Å². The van der Waals surface area contributed by atoms with Crippen LogP contribution in [0.1, 0.15) is 0 Å². The molecule has 0 fully saturated rings. The highest BCUT2D eigenvalue weighted by atomic mass is 15.2. The van der Waals surface area contributed by atoms with E-state index in [0.29, 0.717) is 17.6 Å². The number of fused-ring (bicyclic) bond motifs is 7. The van der Waals surface area contributed by atoms with Gasteiger partial charge in [0.25, 0.3) is 0 Å². The molecule has 2 aromatic heterocycles. The third kappa shape index (κ3) is 4.26. The highest BCUT2D eigenvalue weighted by molar-refractivity contribution is 6.19. The number of para-hydroxylation sites is 2. The summed E-state index contributed by atoms with van der Waals surface area (Å²) >= 11 is 0. The molecule has 0 radical (unpaired) electrons. The molecule has 5 heteroatoms. The van der Waals surface area contributed by atoms with E-state index < -0.39 is 0 Å². The molecule has 5 nitrogen and oxygen atoms in total. The van der Waals surface area contributed by atoms with E-state index in [4.69, 9.17) is 15.0 Å². The molecule has 0 bridgehead atoms. The van der Waals surface area contributed by atoms with Crippen LogP contribution in [0.25, 0.3) is 83.2 Å². The second-order valence-corrected chi connectivity index (χ2v) is 13.3. The number of aromatic nitrogens is 4. The fourth-order valence-electron chi connectivity index (χ4n) is 8.09. The van der Waals surface area contributed by atoms with Gasteiger partial charge in [-0.05, 0) is 58.1 Å². The SMILES string of the molecule is c1ccc(-c2nc(-c3cccc(N4c5ccc6ccccc6c5-c5cccc6cccc4c56)c3)nc(-n3c4ccccc4c4ccccc43)n2)cc1. The lowest BCUT2D eigenvalue weighted by Crippen LogP contribution is -2.15. The molecule has 242 valence electrons. The summed E-state index contributed by atoms with van der Waals surface area (Å²) in [4.78, 5) is 17.9. The van der Waals surface area contributed by atoms with Gasteiger partial charge < -0.3 is 4.90 Å². The first-order valence-electron chi connectivity index (χ1n) is 17.5. The summed E-state index contributed by atoms with van der Waals surface area (Å²) in [6, 6.07) is 62.1. The van der Waals surface area contributed by atoms with Crippen molar-refractivity contribution in [3.05, 3.63) is 176 Å². The van der Waals surface area contributed by atoms with Gasteiger partial charge in [0.05, 0.1) is 22.4 Å². The van der Waals surface area contributed by atoms with E-state index in [9.17, 15) is 0 Å². The Balaban J connectivity index is 1.15. The van der Waals surface area contributed by atoms with E-state index in [0.717, 1.165) is 50.0 Å². The van der Waals surface area contributed by atoms with Crippen molar-refractivity contribution in [1.29, 1.82) is 0 Å². The highest BCUT2D eigenvalue weighted by Crippen LogP contribution is 2.53. The van der Waals surface area contributed by atoms with Crippen LogP contribution < -0.4 is 4.90 Å². The van der Waals surface area contributed by atoms with Gasteiger partial charge >= 0.3 is 0 Å². The Morgan fingerprint density at radius 3 is 1.81 bits per heavy atom. The standard InChI is InChI=1S/C47H29N5/c1-2-14-32(15-3-1)45-48-46(50-47(49-45)52-39-24-8-6-21-36(39)37-22-7-9-25-40(37)52)33-18-10-19-34(29-33)51-41-26-12-17-31-16-11-23-38(43(31)41)44-35-20-5-4-13-30(35)27-28-42(44)51/h1-29H. The fraction of sp³-hybridized carbons (Fsp3) is 0. The second-order valence-electron chi connectivity index (χ2n) is 13.3. The minimum Gasteiger partial charge on any atom is -0.309 e. The van der Waals surface area contributed by atoms with Gasteiger partial charge in [0.2, 0.25) is 5.95 Å². The highest BCUT2D eigenvalue weighted by Gasteiger charge is 2.28. The molecule has 0 saturated carbocycles. The van der Waals surface area contributed by atoms with Crippen molar-refractivity contribution in [1.82, 2.24) is 19.5 Å². The summed E-state index contributed by atoms with van der Waals surface area (Å²) in [6.45, 7) is 0. The number of anilines is 3. The summed E-state index contributed by atoms with van der Waals surface area (Å²) in [5.41, 5.74) is 9.79. The first kappa shape index (κ1) is 28.7. The molecule has 1 aliphatic rings. The van der Waals surface area contributed by atoms with Crippen molar-refractivity contribution in [3.63, 3.8) is 0 Å². The first-order valence-corrected chi connectivity index (χ1v) is 17.5. The van der Waals surface area contributed by atoms with Crippen LogP contribution in [0.15, 0.2) is 176 Å². The van der Waals surface area contributed by atoms with Gasteiger partial charge in [0, 0.05) is 38.5 Å². The summed E-state index contributed by atoms with van der Waals surface area (Å²) in [5, 5.41) is 7.25. The van der Waals surface area contributed by atoms with Crippen LogP contribution in [0.5, 0.6) is 0 Å². The zero-order chi connectivity index (χ0) is 34.2. The van der Waals surface area contributed by atoms with Crippen LogP contribution in [0.4, 0.5) is 17.1 Å². The van der Waals surface area contributed by atoms with E-state index in [1.807, 2.05) is 18.2 Å². The summed E-state index contributed by atoms with van der Waals surface area (Å²) < 4.78 is 2.16. The predicted octanol–water partition coefficient (Wildman–Crippen LogP) is 12.1. The largest absolute Gasteiger partial charge is 0.309 e. The summed E-state index contributed by atoms with van der Waals surface area (Å²) in [5.74, 6) is 1.82. The Bertz CT molecular complexity index is 2980. The molecule has 11 rings (SSSR count). The van der Waals surface area contributed by atoms with Crippen molar-refractivity contribution < 1.29 is 0 Å². The number of benzene rings is 8. The Morgan fingerprint density at radius 1 is 0.404 bits per heavy atom. The molecular formula is C47H29N5. The lowest BCUT2D eigenvalue weighted by Gasteiger charge is -2.34. The number of nitrogens with zero attached hydrogens (tertiary/aromatic N) is 5. The Labute approximate surface area is 299 Å². The molecule has 0 atom stereocenters. The second kappa shape index (κ2) is 11.2. The molecular weight excluding hydrogens is 635 g/mol. The van der Waals surface area contributed by atoms with Gasteiger partial charge in [-0.3, -0.25) is 4.57 Å². The normalized spacial score (nSPS) is 12.2. The van der Waals surface area contributed by atoms with Crippen LogP contribution in [-0.4, -0.2) is 19.5 Å². The summed E-state index contributed by atoms with van der Waals surface area (Å²) in [6.07, 6.45) is 0. The smallest absolute Gasteiger partial charge is 0.238 e. The zero-order valence-electron chi connectivity index (χ0n) is 28.0. The Kier molecular flexibility index (Phi) is 6.18. The number of rotatable bonds is 4. The summed E-state index contributed by atoms with van der Waals surface area (Å²) in [7, 11) is 0. The molecule has 52 heavy (non-hydrogen) atoms. The Hall–Kier alpha value is -7.11. The average molecular weight is 664 g/mol. The van der Waals surface area contributed by atoms with Crippen LogP contribution in [0.2, 0.25) is 0 Å². The van der Waals surface area contributed by atoms with Crippen molar-refractivity contribution in [2.75, 3.05) is 4.90 Å². The molecule has 8 aromatic carbocycles. The molecule has 0 spiro atoms. The average Bonchev–Trinajstić information content (AvgIpc) is 3.55. The van der Waals surface area contributed by atoms with E-state index in [2.05, 4.69) is 167 Å². The van der Waals surface area contributed by atoms with Gasteiger partial charge in [-0.15, -0.1) is 0 Å². The quantitative estimate of drug-likeness (QED) is 0.188. The third-order valence-corrected chi connectivity index (χ3v) is 10.3. The maximum atomic E-state index is 5.24. The van der Waals surface area contributed by atoms with Gasteiger partial charge in [-0.1, -0.05) is 140 Å². The van der Waals surface area contributed by atoms with Crippen molar-refractivity contribution in [3.8, 4) is 39.9 Å². The molecule has 0 N–H and O–H groups in total. The molecule has 3 heterocycles. The van der Waals surface area contributed by atoms with Crippen molar-refractivity contribution >= 4 is 60.4 Å². The van der Waals surface area contributed by atoms with Gasteiger partial charge in [-0.2, -0.15) is 9.97 Å². The van der Waals surface area contributed by atoms with Gasteiger partial charge in [0.15, 0.2) is 11.6 Å². The zero-order valence-corrected chi connectivity index (χ0v) is 28.0. The van der Waals surface area contributed by atoms with Crippen LogP contribution >= 0.6 is 0 Å². The van der Waals surface area contributed by atoms with Gasteiger partial charge in [0.1, 0.15) is 0 Å². The third-order valence-electron chi connectivity index (χ3n) is 10.3. The van der Waals surface area contributed by atoms with Gasteiger partial charge in [-0.25, -0.2) is 4.98 Å². The first-order chi connectivity index (χ1) is 25.8. The molecule has 1 aliphatic heterocycles. The maximum absolute atomic E-state index is 5.24. The number of hydrogen-bond acceptors (Lipinski definition) is 4.